The standard InChI is InChI=1S/C19H19ClN4O2S2/c1-11-8-22-19(24-18(11)17-7-14(10-27-17)28(2,25)26)23-16-6-12-3-4-21-9-13(12)5-15(16)20/h5-8,10,21H,3-4,9H2,1-2H3,(H,22,23,24). The number of halogens is 1. The smallest absolute Gasteiger partial charge is 0.227 e. The van der Waals surface area contributed by atoms with Crippen LogP contribution in [0.3, 0.4) is 0 Å². The van der Waals surface area contributed by atoms with Gasteiger partial charge in [-0.15, -0.1) is 11.3 Å². The van der Waals surface area contributed by atoms with Crippen LogP contribution in [0.15, 0.2) is 34.7 Å². The van der Waals surface area contributed by atoms with E-state index in [0.29, 0.717) is 21.6 Å². The molecule has 0 bridgehead atoms. The van der Waals surface area contributed by atoms with Crippen LogP contribution in [0.4, 0.5) is 11.6 Å². The highest BCUT2D eigenvalue weighted by Gasteiger charge is 2.16. The van der Waals surface area contributed by atoms with E-state index in [1.165, 1.54) is 28.7 Å². The van der Waals surface area contributed by atoms with Crippen LogP contribution >= 0.6 is 22.9 Å². The minimum atomic E-state index is -3.25. The second-order valence-corrected chi connectivity index (χ2v) is 10.1. The average Bonchev–Trinajstić information content (AvgIpc) is 3.14. The molecule has 146 valence electrons. The first kappa shape index (κ1) is 19.3. The van der Waals surface area contributed by atoms with Crippen molar-refractivity contribution < 1.29 is 8.42 Å². The van der Waals surface area contributed by atoms with E-state index >= 15 is 0 Å². The first-order valence-electron chi connectivity index (χ1n) is 8.73. The van der Waals surface area contributed by atoms with E-state index < -0.39 is 9.84 Å². The van der Waals surface area contributed by atoms with E-state index in [2.05, 4.69) is 20.6 Å². The molecule has 3 heterocycles. The zero-order valence-corrected chi connectivity index (χ0v) is 17.8. The molecule has 2 N–H and O–H groups in total. The second kappa shape index (κ2) is 7.44. The minimum Gasteiger partial charge on any atom is -0.323 e. The maximum absolute atomic E-state index is 11.8. The Hall–Kier alpha value is -2.00. The van der Waals surface area contributed by atoms with Crippen LogP contribution < -0.4 is 10.6 Å². The number of rotatable bonds is 4. The molecule has 6 nitrogen and oxygen atoms in total. The third-order valence-electron chi connectivity index (χ3n) is 4.63. The van der Waals surface area contributed by atoms with Gasteiger partial charge in [0.25, 0.3) is 0 Å². The monoisotopic (exact) mass is 434 g/mol. The summed E-state index contributed by atoms with van der Waals surface area (Å²) >= 11 is 7.79. The van der Waals surface area contributed by atoms with E-state index in [9.17, 15) is 8.42 Å². The number of benzene rings is 1. The molecular formula is C19H19ClN4O2S2. The van der Waals surface area contributed by atoms with Crippen LogP contribution in [0.5, 0.6) is 0 Å². The van der Waals surface area contributed by atoms with Crippen LogP contribution in [-0.2, 0) is 22.8 Å². The van der Waals surface area contributed by atoms with Gasteiger partial charge in [-0.3, -0.25) is 0 Å². The van der Waals surface area contributed by atoms with Gasteiger partial charge in [-0.1, -0.05) is 11.6 Å². The highest BCUT2D eigenvalue weighted by Crippen LogP contribution is 2.33. The third-order valence-corrected chi connectivity index (χ3v) is 7.12. The first-order chi connectivity index (χ1) is 13.3. The summed E-state index contributed by atoms with van der Waals surface area (Å²) in [6.07, 6.45) is 3.87. The van der Waals surface area contributed by atoms with Gasteiger partial charge in [-0.05, 0) is 54.8 Å². The van der Waals surface area contributed by atoms with Crippen LogP contribution in [-0.4, -0.2) is 31.2 Å². The molecule has 1 aliphatic rings. The molecule has 0 unspecified atom stereocenters. The minimum absolute atomic E-state index is 0.298. The molecule has 1 aromatic carbocycles. The molecule has 0 amide bonds. The lowest BCUT2D eigenvalue weighted by Gasteiger charge is -2.19. The molecule has 9 heteroatoms. The van der Waals surface area contributed by atoms with Crippen molar-refractivity contribution >= 4 is 44.4 Å². The molecule has 0 atom stereocenters. The van der Waals surface area contributed by atoms with E-state index in [0.717, 1.165) is 35.6 Å². The SMILES string of the molecule is Cc1cnc(Nc2cc3c(cc2Cl)CNCC3)nc1-c1cc(S(C)(=O)=O)cs1. The predicted molar refractivity (Wildman–Crippen MR) is 113 cm³/mol. The zero-order valence-electron chi connectivity index (χ0n) is 15.4. The number of hydrogen-bond donors (Lipinski definition) is 2. The van der Waals surface area contributed by atoms with Crippen LogP contribution in [0.2, 0.25) is 5.02 Å². The number of hydrogen-bond acceptors (Lipinski definition) is 7. The Morgan fingerprint density at radius 1 is 1.25 bits per heavy atom. The van der Waals surface area contributed by atoms with Gasteiger partial charge < -0.3 is 10.6 Å². The lowest BCUT2D eigenvalue weighted by Crippen LogP contribution is -2.23. The summed E-state index contributed by atoms with van der Waals surface area (Å²) < 4.78 is 23.5. The van der Waals surface area contributed by atoms with Crippen molar-refractivity contribution in [2.24, 2.45) is 0 Å². The van der Waals surface area contributed by atoms with Gasteiger partial charge in [-0.25, -0.2) is 18.4 Å². The number of nitrogens with zero attached hydrogens (tertiary/aromatic N) is 2. The molecular weight excluding hydrogens is 416 g/mol. The third kappa shape index (κ3) is 3.91. The van der Waals surface area contributed by atoms with Gasteiger partial charge in [0.1, 0.15) is 0 Å². The number of anilines is 2. The van der Waals surface area contributed by atoms with E-state index in [4.69, 9.17) is 11.6 Å². The Kier molecular flexibility index (Phi) is 5.13. The quantitative estimate of drug-likeness (QED) is 0.646. The summed E-state index contributed by atoms with van der Waals surface area (Å²) in [6, 6.07) is 5.67. The van der Waals surface area contributed by atoms with Gasteiger partial charge in [0.05, 0.1) is 26.2 Å². The fourth-order valence-corrected chi connectivity index (χ4v) is 5.42. The Morgan fingerprint density at radius 2 is 2.07 bits per heavy atom. The van der Waals surface area contributed by atoms with E-state index in [1.54, 1.807) is 17.6 Å². The molecule has 2 aromatic heterocycles. The largest absolute Gasteiger partial charge is 0.323 e. The fraction of sp³-hybridized carbons (Fsp3) is 0.263. The molecule has 0 fully saturated rings. The maximum atomic E-state index is 11.8. The summed E-state index contributed by atoms with van der Waals surface area (Å²) in [7, 11) is -3.25. The topological polar surface area (TPSA) is 84.0 Å². The van der Waals surface area contributed by atoms with Crippen molar-refractivity contribution in [1.29, 1.82) is 0 Å². The second-order valence-electron chi connectivity index (χ2n) is 6.80. The summed E-state index contributed by atoms with van der Waals surface area (Å²) in [5.41, 5.74) is 4.80. The lowest BCUT2D eigenvalue weighted by atomic mass is 10.0. The molecule has 0 radical (unpaired) electrons. The van der Waals surface area contributed by atoms with Crippen molar-refractivity contribution in [3.8, 4) is 10.6 Å². The predicted octanol–water partition coefficient (Wildman–Crippen LogP) is 3.96. The molecule has 0 spiro atoms. The number of aromatic nitrogens is 2. The van der Waals surface area contributed by atoms with Crippen LogP contribution in [0.1, 0.15) is 16.7 Å². The highest BCUT2D eigenvalue weighted by molar-refractivity contribution is 7.90. The van der Waals surface area contributed by atoms with Crippen molar-refractivity contribution in [3.63, 3.8) is 0 Å². The molecule has 1 aliphatic heterocycles. The molecule has 3 aromatic rings. The number of aryl methyl sites for hydroxylation is 1. The van der Waals surface area contributed by atoms with Gasteiger partial charge >= 0.3 is 0 Å². The van der Waals surface area contributed by atoms with E-state index in [1.807, 2.05) is 19.1 Å². The van der Waals surface area contributed by atoms with Crippen molar-refractivity contribution in [3.05, 3.63) is 51.5 Å². The Labute approximate surface area is 172 Å². The fourth-order valence-electron chi connectivity index (χ4n) is 3.11. The average molecular weight is 435 g/mol. The normalized spacial score (nSPS) is 14.0. The van der Waals surface area contributed by atoms with Gasteiger partial charge in [0, 0.05) is 24.4 Å². The summed E-state index contributed by atoms with van der Waals surface area (Å²) in [4.78, 5) is 10.1. The van der Waals surface area contributed by atoms with Crippen molar-refractivity contribution in [1.82, 2.24) is 15.3 Å². The summed E-state index contributed by atoms with van der Waals surface area (Å²) in [5.74, 6) is 0.422. The summed E-state index contributed by atoms with van der Waals surface area (Å²) in [5, 5.41) is 8.79. The number of thiophene rings is 1. The Balaban J connectivity index is 1.67. The molecule has 28 heavy (non-hydrogen) atoms. The van der Waals surface area contributed by atoms with Crippen LogP contribution in [0, 0.1) is 6.92 Å². The van der Waals surface area contributed by atoms with Crippen molar-refractivity contribution in [2.75, 3.05) is 18.1 Å². The lowest BCUT2D eigenvalue weighted by molar-refractivity contribution is 0.602. The Morgan fingerprint density at radius 3 is 2.82 bits per heavy atom. The maximum Gasteiger partial charge on any atom is 0.227 e. The molecule has 0 aliphatic carbocycles. The zero-order chi connectivity index (χ0) is 19.9. The molecule has 0 saturated heterocycles. The molecule has 0 saturated carbocycles. The Bertz CT molecular complexity index is 1160. The van der Waals surface area contributed by atoms with Gasteiger partial charge in [-0.2, -0.15) is 0 Å². The van der Waals surface area contributed by atoms with Crippen LogP contribution in [0.25, 0.3) is 10.6 Å². The van der Waals surface area contributed by atoms with Crippen molar-refractivity contribution in [2.45, 2.75) is 24.8 Å². The molecule has 4 rings (SSSR count). The number of fused-ring (bicyclic) bond motifs is 1. The summed E-state index contributed by atoms with van der Waals surface area (Å²) in [6.45, 7) is 3.67. The number of nitrogens with one attached hydrogen (secondary N) is 2. The van der Waals surface area contributed by atoms with E-state index in [-0.39, 0.29) is 0 Å². The van der Waals surface area contributed by atoms with Gasteiger partial charge in [0.2, 0.25) is 5.95 Å². The first-order valence-corrected chi connectivity index (χ1v) is 11.9. The number of sulfone groups is 1. The van der Waals surface area contributed by atoms with Gasteiger partial charge in [0.15, 0.2) is 9.84 Å². The highest BCUT2D eigenvalue weighted by atomic mass is 35.5.